The van der Waals surface area contributed by atoms with Gasteiger partial charge in [0, 0.05) is 29.1 Å². The van der Waals surface area contributed by atoms with Crippen molar-refractivity contribution in [3.63, 3.8) is 0 Å². The molecule has 0 spiro atoms. The van der Waals surface area contributed by atoms with Crippen molar-refractivity contribution in [3.8, 4) is 22.3 Å². The van der Waals surface area contributed by atoms with Crippen LogP contribution >= 0.6 is 0 Å². The predicted molar refractivity (Wildman–Crippen MR) is 110 cm³/mol. The molecule has 0 amide bonds. The molecule has 0 aliphatic heterocycles. The predicted octanol–water partition coefficient (Wildman–Crippen LogP) is 4.95. The van der Waals surface area contributed by atoms with Gasteiger partial charge in [-0.15, -0.1) is 0 Å². The second-order valence-corrected chi connectivity index (χ2v) is 6.90. The van der Waals surface area contributed by atoms with E-state index in [2.05, 4.69) is 9.97 Å². The zero-order valence-electron chi connectivity index (χ0n) is 16.0. The van der Waals surface area contributed by atoms with Gasteiger partial charge in [-0.1, -0.05) is 48.6 Å². The normalized spacial score (nSPS) is 12.4. The van der Waals surface area contributed by atoms with Crippen LogP contribution in [0.2, 0.25) is 0 Å². The number of nitrogens with zero attached hydrogens (tertiary/aromatic N) is 1. The van der Waals surface area contributed by atoms with Gasteiger partial charge in [0.2, 0.25) is 0 Å². The van der Waals surface area contributed by atoms with E-state index in [9.17, 15) is 18.7 Å². The van der Waals surface area contributed by atoms with Crippen molar-refractivity contribution in [3.05, 3.63) is 82.6 Å². The Balaban J connectivity index is 1.77. The van der Waals surface area contributed by atoms with Crippen molar-refractivity contribution in [2.45, 2.75) is 32.3 Å². The number of hydrogen-bond acceptors (Lipinski definition) is 3. The number of halogens is 2. The minimum atomic E-state index is -0.894. The molecule has 0 radical (unpaired) electrons. The van der Waals surface area contributed by atoms with Gasteiger partial charge in [0.15, 0.2) is 11.6 Å². The fourth-order valence-corrected chi connectivity index (χ4v) is 3.00. The Kier molecular flexibility index (Phi) is 6.67. The molecule has 4 nitrogen and oxygen atoms in total. The third-order valence-electron chi connectivity index (χ3n) is 4.60. The van der Waals surface area contributed by atoms with Crippen LogP contribution in [0.25, 0.3) is 28.3 Å². The number of aromatic nitrogens is 2. The molecule has 29 heavy (non-hydrogen) atoms. The van der Waals surface area contributed by atoms with Crippen LogP contribution in [0.5, 0.6) is 0 Å². The summed E-state index contributed by atoms with van der Waals surface area (Å²) in [6.45, 7) is 1.72. The maximum Gasteiger partial charge on any atom is 0.344 e. The first-order valence-corrected chi connectivity index (χ1v) is 9.44. The third-order valence-corrected chi connectivity index (χ3v) is 4.60. The summed E-state index contributed by atoms with van der Waals surface area (Å²) < 4.78 is 29.1. The van der Waals surface area contributed by atoms with Gasteiger partial charge in [-0.05, 0) is 37.3 Å². The van der Waals surface area contributed by atoms with Crippen molar-refractivity contribution < 1.29 is 13.9 Å². The highest BCUT2D eigenvalue weighted by atomic mass is 19.2. The number of aromatic amines is 1. The van der Waals surface area contributed by atoms with Gasteiger partial charge in [0.25, 0.3) is 0 Å². The van der Waals surface area contributed by atoms with Gasteiger partial charge in [0.05, 0.1) is 6.10 Å². The minimum absolute atomic E-state index is 0.180. The second kappa shape index (κ2) is 9.39. The average molecular weight is 396 g/mol. The molecule has 0 fully saturated rings. The summed E-state index contributed by atoms with van der Waals surface area (Å²) >= 11 is 0. The number of unbranched alkanes of at least 4 members (excludes halogenated alkanes) is 1. The van der Waals surface area contributed by atoms with Crippen LogP contribution in [-0.4, -0.2) is 21.2 Å². The molecule has 3 aromatic rings. The van der Waals surface area contributed by atoms with E-state index in [0.717, 1.165) is 17.5 Å². The van der Waals surface area contributed by atoms with E-state index in [-0.39, 0.29) is 17.2 Å². The molecule has 150 valence electrons. The van der Waals surface area contributed by atoms with E-state index >= 15 is 0 Å². The monoisotopic (exact) mass is 396 g/mol. The first kappa shape index (κ1) is 20.6. The fourth-order valence-electron chi connectivity index (χ4n) is 3.00. The molecule has 0 aliphatic carbocycles. The maximum absolute atomic E-state index is 14.6. The van der Waals surface area contributed by atoms with Gasteiger partial charge < -0.3 is 10.1 Å². The minimum Gasteiger partial charge on any atom is -0.393 e. The zero-order chi connectivity index (χ0) is 20.8. The highest BCUT2D eigenvalue weighted by Gasteiger charge is 2.13. The summed E-state index contributed by atoms with van der Waals surface area (Å²) in [7, 11) is 0. The van der Waals surface area contributed by atoms with Crippen LogP contribution in [-0.2, 0) is 0 Å². The lowest BCUT2D eigenvalue weighted by atomic mass is 9.99. The standard InChI is InChI=1S/C23H22F2N2O2/c1-15(28)5-3-2-4-6-18-11-12-20(22(25)21(18)24)17-9-7-16(8-10-17)19-13-26-23(29)27-14-19/h4,6-15,28H,2-3,5H2,1H3,(H,26,27,29). The van der Waals surface area contributed by atoms with E-state index in [1.54, 1.807) is 61.7 Å². The van der Waals surface area contributed by atoms with E-state index in [1.807, 2.05) is 0 Å². The number of benzene rings is 2. The van der Waals surface area contributed by atoms with Gasteiger partial charge in [-0.2, -0.15) is 0 Å². The number of aliphatic hydroxyl groups excluding tert-OH is 1. The Morgan fingerprint density at radius 3 is 2.45 bits per heavy atom. The largest absolute Gasteiger partial charge is 0.393 e. The number of allylic oxidation sites excluding steroid dienone is 1. The van der Waals surface area contributed by atoms with E-state index in [4.69, 9.17) is 0 Å². The number of hydrogen-bond donors (Lipinski definition) is 2. The Bertz CT molecular complexity index is 1040. The first-order valence-electron chi connectivity index (χ1n) is 9.44. The molecule has 1 heterocycles. The van der Waals surface area contributed by atoms with Crippen LogP contribution in [0.4, 0.5) is 8.78 Å². The van der Waals surface area contributed by atoms with E-state index < -0.39 is 17.3 Å². The average Bonchev–Trinajstić information content (AvgIpc) is 2.71. The summed E-state index contributed by atoms with van der Waals surface area (Å²) in [4.78, 5) is 17.2. The molecule has 0 bridgehead atoms. The van der Waals surface area contributed by atoms with Crippen LogP contribution in [0.15, 0.2) is 59.7 Å². The van der Waals surface area contributed by atoms with Crippen molar-refractivity contribution in [2.75, 3.05) is 0 Å². The van der Waals surface area contributed by atoms with Gasteiger partial charge in [-0.25, -0.2) is 18.6 Å². The quantitative estimate of drug-likeness (QED) is 0.556. The number of H-pyrrole nitrogens is 1. The molecule has 1 unspecified atom stereocenters. The van der Waals surface area contributed by atoms with Crippen LogP contribution in [0, 0.1) is 11.6 Å². The van der Waals surface area contributed by atoms with Crippen molar-refractivity contribution >= 4 is 6.08 Å². The van der Waals surface area contributed by atoms with E-state index in [1.165, 1.54) is 6.20 Å². The highest BCUT2D eigenvalue weighted by Crippen LogP contribution is 2.29. The third kappa shape index (κ3) is 5.23. The van der Waals surface area contributed by atoms with Gasteiger partial charge in [0.1, 0.15) is 0 Å². The Hall–Kier alpha value is -3.12. The highest BCUT2D eigenvalue weighted by molar-refractivity contribution is 5.71. The molecule has 0 saturated heterocycles. The number of aliphatic hydroxyl groups is 1. The lowest BCUT2D eigenvalue weighted by Crippen LogP contribution is -2.07. The van der Waals surface area contributed by atoms with Gasteiger partial charge >= 0.3 is 5.69 Å². The Morgan fingerprint density at radius 1 is 1.07 bits per heavy atom. The summed E-state index contributed by atoms with van der Waals surface area (Å²) in [5.41, 5.74) is 2.02. The van der Waals surface area contributed by atoms with Crippen molar-refractivity contribution in [1.29, 1.82) is 0 Å². The molecule has 1 aromatic heterocycles. The molecule has 0 saturated carbocycles. The van der Waals surface area contributed by atoms with E-state index in [0.29, 0.717) is 18.4 Å². The number of nitrogens with one attached hydrogen (secondary N) is 1. The Labute approximate surface area is 167 Å². The lowest BCUT2D eigenvalue weighted by molar-refractivity contribution is 0.182. The SMILES string of the molecule is CC(O)CCCC=Cc1ccc(-c2ccc(-c3cnc(=O)[nH]c3)cc2)c(F)c1F. The number of rotatable bonds is 7. The molecule has 1 atom stereocenters. The van der Waals surface area contributed by atoms with Crippen molar-refractivity contribution in [1.82, 2.24) is 9.97 Å². The zero-order valence-corrected chi connectivity index (χ0v) is 16.0. The van der Waals surface area contributed by atoms with Crippen LogP contribution in [0.1, 0.15) is 31.7 Å². The van der Waals surface area contributed by atoms with Crippen LogP contribution in [0.3, 0.4) is 0 Å². The summed E-state index contributed by atoms with van der Waals surface area (Å²) in [6.07, 6.45) is 8.14. The topological polar surface area (TPSA) is 66.0 Å². The van der Waals surface area contributed by atoms with Crippen molar-refractivity contribution in [2.24, 2.45) is 0 Å². The smallest absolute Gasteiger partial charge is 0.344 e. The van der Waals surface area contributed by atoms with Gasteiger partial charge in [-0.3, -0.25) is 0 Å². The molecule has 2 aromatic carbocycles. The molecule has 3 rings (SSSR count). The molecular formula is C23H22F2N2O2. The lowest BCUT2D eigenvalue weighted by Gasteiger charge is -2.08. The molecular weight excluding hydrogens is 374 g/mol. The Morgan fingerprint density at radius 2 is 1.79 bits per heavy atom. The molecule has 0 aliphatic rings. The fraction of sp³-hybridized carbons (Fsp3) is 0.217. The first-order chi connectivity index (χ1) is 14.0. The van der Waals surface area contributed by atoms with Crippen LogP contribution < -0.4 is 5.69 Å². The summed E-state index contributed by atoms with van der Waals surface area (Å²) in [5, 5.41) is 9.23. The summed E-state index contributed by atoms with van der Waals surface area (Å²) in [6, 6.07) is 10.0. The maximum atomic E-state index is 14.6. The molecule has 2 N–H and O–H groups in total. The summed E-state index contributed by atoms with van der Waals surface area (Å²) in [5.74, 6) is -1.78. The molecule has 6 heteroatoms. The second-order valence-electron chi connectivity index (χ2n) is 6.90.